The minimum atomic E-state index is -0.328. The molecule has 1 saturated heterocycles. The van der Waals surface area contributed by atoms with Crippen molar-refractivity contribution in [2.45, 2.75) is 64.8 Å². The second-order valence-corrected chi connectivity index (χ2v) is 9.24. The molecule has 0 aliphatic carbocycles. The number of phenolic OH excluding ortho intramolecular Hbond substituents is 1. The summed E-state index contributed by atoms with van der Waals surface area (Å²) < 4.78 is 13.3. The molecule has 26 heavy (non-hydrogen) atoms. The van der Waals surface area contributed by atoms with Gasteiger partial charge >= 0.3 is 0 Å². The lowest BCUT2D eigenvalue weighted by atomic mass is 9.77. The van der Waals surface area contributed by atoms with E-state index in [4.69, 9.17) is 0 Å². The standard InChI is InChI=1S/C21H35FN2O.ClH/c1-20(2,3)16-13-15(14-17(19(16)25)21(4,5)6)18(7-8-22)24-11-9-23-10-12-24;/h13-14,18,23,25H,7-12H2,1-6H3;1H/t18-;/m1./s1. The first-order chi connectivity index (χ1) is 11.6. The Labute approximate surface area is 164 Å². The van der Waals surface area contributed by atoms with Crippen LogP contribution in [0, 0.1) is 0 Å². The van der Waals surface area contributed by atoms with E-state index >= 15 is 0 Å². The van der Waals surface area contributed by atoms with E-state index in [0.29, 0.717) is 12.2 Å². The average Bonchev–Trinajstić information content (AvgIpc) is 2.51. The molecule has 1 fully saturated rings. The van der Waals surface area contributed by atoms with Gasteiger partial charge in [-0.15, -0.1) is 12.4 Å². The second-order valence-electron chi connectivity index (χ2n) is 9.24. The van der Waals surface area contributed by atoms with Crippen molar-refractivity contribution in [1.82, 2.24) is 10.2 Å². The van der Waals surface area contributed by atoms with Crippen LogP contribution in [0.3, 0.4) is 0 Å². The van der Waals surface area contributed by atoms with E-state index < -0.39 is 0 Å². The highest BCUT2D eigenvalue weighted by molar-refractivity contribution is 5.85. The number of hydrogen-bond acceptors (Lipinski definition) is 3. The van der Waals surface area contributed by atoms with Gasteiger partial charge in [-0.05, 0) is 46.1 Å². The molecule has 1 heterocycles. The molecule has 150 valence electrons. The van der Waals surface area contributed by atoms with Crippen LogP contribution in [0.4, 0.5) is 4.39 Å². The van der Waals surface area contributed by atoms with E-state index in [1.807, 2.05) is 0 Å². The van der Waals surface area contributed by atoms with E-state index in [1.54, 1.807) is 0 Å². The van der Waals surface area contributed by atoms with Gasteiger partial charge in [0.25, 0.3) is 0 Å². The third kappa shape index (κ3) is 5.34. The lowest BCUT2D eigenvalue weighted by Crippen LogP contribution is -2.45. The molecule has 1 aromatic rings. The van der Waals surface area contributed by atoms with E-state index in [0.717, 1.165) is 42.9 Å². The van der Waals surface area contributed by atoms with Crippen molar-refractivity contribution < 1.29 is 9.50 Å². The fourth-order valence-corrected chi connectivity index (χ4v) is 3.65. The highest BCUT2D eigenvalue weighted by Crippen LogP contribution is 2.42. The van der Waals surface area contributed by atoms with Crippen molar-refractivity contribution in [3.05, 3.63) is 28.8 Å². The van der Waals surface area contributed by atoms with Crippen molar-refractivity contribution in [1.29, 1.82) is 0 Å². The Balaban J connectivity index is 0.00000338. The smallest absolute Gasteiger partial charge is 0.123 e. The Morgan fingerprint density at radius 2 is 1.50 bits per heavy atom. The van der Waals surface area contributed by atoms with Gasteiger partial charge in [-0.3, -0.25) is 9.29 Å². The predicted molar refractivity (Wildman–Crippen MR) is 111 cm³/mol. The fourth-order valence-electron chi connectivity index (χ4n) is 3.65. The Bertz CT molecular complexity index is 552. The van der Waals surface area contributed by atoms with Crippen LogP contribution in [0.15, 0.2) is 12.1 Å². The van der Waals surface area contributed by atoms with Gasteiger partial charge in [0.2, 0.25) is 0 Å². The van der Waals surface area contributed by atoms with Gasteiger partial charge in [0.1, 0.15) is 5.75 Å². The van der Waals surface area contributed by atoms with Crippen molar-refractivity contribution in [3.63, 3.8) is 0 Å². The van der Waals surface area contributed by atoms with Crippen LogP contribution >= 0.6 is 12.4 Å². The molecule has 0 spiro atoms. The zero-order valence-corrected chi connectivity index (χ0v) is 18.0. The van der Waals surface area contributed by atoms with Gasteiger partial charge in [-0.2, -0.15) is 0 Å². The first-order valence-electron chi connectivity index (χ1n) is 9.44. The number of hydrogen-bond donors (Lipinski definition) is 2. The highest BCUT2D eigenvalue weighted by atomic mass is 35.5. The molecule has 0 amide bonds. The van der Waals surface area contributed by atoms with Crippen molar-refractivity contribution in [2.24, 2.45) is 0 Å². The van der Waals surface area contributed by atoms with Crippen molar-refractivity contribution in [3.8, 4) is 5.75 Å². The Morgan fingerprint density at radius 3 is 1.88 bits per heavy atom. The summed E-state index contributed by atoms with van der Waals surface area (Å²) >= 11 is 0. The normalized spacial score (nSPS) is 17.7. The molecule has 3 nitrogen and oxygen atoms in total. The molecule has 0 aromatic heterocycles. The lowest BCUT2D eigenvalue weighted by molar-refractivity contribution is 0.157. The molecule has 2 rings (SSSR count). The van der Waals surface area contributed by atoms with E-state index in [9.17, 15) is 9.50 Å². The van der Waals surface area contributed by atoms with Crippen LogP contribution < -0.4 is 5.32 Å². The number of alkyl halides is 1. The summed E-state index contributed by atoms with van der Waals surface area (Å²) in [5, 5.41) is 14.3. The number of halogens is 2. The topological polar surface area (TPSA) is 35.5 Å². The molecule has 1 aliphatic heterocycles. The Hall–Kier alpha value is -0.840. The van der Waals surface area contributed by atoms with Crippen molar-refractivity contribution in [2.75, 3.05) is 32.9 Å². The lowest BCUT2D eigenvalue weighted by Gasteiger charge is -2.37. The van der Waals surface area contributed by atoms with Gasteiger partial charge in [0.05, 0.1) is 6.67 Å². The number of aromatic hydroxyl groups is 1. The van der Waals surface area contributed by atoms with Gasteiger partial charge < -0.3 is 10.4 Å². The van der Waals surface area contributed by atoms with Crippen LogP contribution in [-0.4, -0.2) is 42.9 Å². The van der Waals surface area contributed by atoms with E-state index in [1.165, 1.54) is 0 Å². The molecule has 0 radical (unpaired) electrons. The van der Waals surface area contributed by atoms with E-state index in [-0.39, 0.29) is 36.0 Å². The number of phenols is 1. The number of nitrogens with one attached hydrogen (secondary N) is 1. The minimum absolute atomic E-state index is 0. The Morgan fingerprint density at radius 1 is 1.04 bits per heavy atom. The summed E-state index contributed by atoms with van der Waals surface area (Å²) in [6.45, 7) is 16.1. The molecule has 0 bridgehead atoms. The van der Waals surface area contributed by atoms with Gasteiger partial charge in [-0.1, -0.05) is 41.5 Å². The molecular formula is C21H36ClFN2O. The second kappa shape index (κ2) is 8.90. The quantitative estimate of drug-likeness (QED) is 0.786. The summed E-state index contributed by atoms with van der Waals surface area (Å²) in [5.41, 5.74) is 2.71. The highest BCUT2D eigenvalue weighted by Gasteiger charge is 2.30. The summed E-state index contributed by atoms with van der Waals surface area (Å²) in [6, 6.07) is 4.27. The number of rotatable bonds is 4. The third-order valence-electron chi connectivity index (χ3n) is 5.11. The number of nitrogens with zero attached hydrogens (tertiary/aromatic N) is 1. The first kappa shape index (κ1) is 23.2. The molecule has 1 atom stereocenters. The fraction of sp³-hybridized carbons (Fsp3) is 0.714. The Kier molecular flexibility index (Phi) is 7.94. The van der Waals surface area contributed by atoms with Gasteiger partial charge in [0, 0.05) is 32.2 Å². The van der Waals surface area contributed by atoms with Crippen LogP contribution in [0.1, 0.15) is 70.7 Å². The summed E-state index contributed by atoms with van der Waals surface area (Å²) in [5.74, 6) is 0.392. The van der Waals surface area contributed by atoms with Crippen LogP contribution in [0.25, 0.3) is 0 Å². The summed E-state index contributed by atoms with van der Waals surface area (Å²) in [7, 11) is 0. The minimum Gasteiger partial charge on any atom is -0.507 e. The zero-order chi connectivity index (χ0) is 18.8. The molecule has 0 unspecified atom stereocenters. The molecule has 5 heteroatoms. The number of piperazine rings is 1. The molecule has 0 saturated carbocycles. The predicted octanol–water partition coefficient (Wildman–Crippen LogP) is 4.71. The van der Waals surface area contributed by atoms with Crippen LogP contribution in [-0.2, 0) is 10.8 Å². The average molecular weight is 387 g/mol. The van der Waals surface area contributed by atoms with Gasteiger partial charge in [-0.25, -0.2) is 0 Å². The van der Waals surface area contributed by atoms with Crippen LogP contribution in [0.5, 0.6) is 5.75 Å². The van der Waals surface area contributed by atoms with Crippen molar-refractivity contribution >= 4 is 12.4 Å². The molecular weight excluding hydrogens is 351 g/mol. The maximum Gasteiger partial charge on any atom is 0.123 e. The maximum atomic E-state index is 13.3. The first-order valence-corrected chi connectivity index (χ1v) is 9.44. The zero-order valence-electron chi connectivity index (χ0n) is 17.2. The SMILES string of the molecule is CC(C)(C)c1cc([C@@H](CCF)N2CCNCC2)cc(C(C)(C)C)c1O.Cl. The van der Waals surface area contributed by atoms with Crippen LogP contribution in [0.2, 0.25) is 0 Å². The summed E-state index contributed by atoms with van der Waals surface area (Å²) in [6.07, 6.45) is 0.498. The monoisotopic (exact) mass is 386 g/mol. The maximum absolute atomic E-state index is 13.3. The molecule has 2 N–H and O–H groups in total. The van der Waals surface area contributed by atoms with Gasteiger partial charge in [0.15, 0.2) is 0 Å². The third-order valence-corrected chi connectivity index (χ3v) is 5.11. The number of benzene rings is 1. The summed E-state index contributed by atoms with van der Waals surface area (Å²) in [4.78, 5) is 2.38. The molecule has 1 aliphatic rings. The largest absolute Gasteiger partial charge is 0.507 e. The van der Waals surface area contributed by atoms with E-state index in [2.05, 4.69) is 63.9 Å². The molecule has 1 aromatic carbocycles.